The molecular weight excluding hydrogens is 439 g/mol. The van der Waals surface area contributed by atoms with Crippen molar-refractivity contribution in [2.75, 3.05) is 11.4 Å². The van der Waals surface area contributed by atoms with Gasteiger partial charge in [0.15, 0.2) is 0 Å². The third-order valence-corrected chi connectivity index (χ3v) is 5.88. The summed E-state index contributed by atoms with van der Waals surface area (Å²) in [4.78, 5) is 26.8. The Labute approximate surface area is 177 Å². The molecule has 0 spiro atoms. The van der Waals surface area contributed by atoms with Crippen LogP contribution in [-0.4, -0.2) is 24.5 Å². The molecule has 8 heteroatoms. The number of piperidine rings is 1. The van der Waals surface area contributed by atoms with E-state index < -0.39 is 17.9 Å². The van der Waals surface area contributed by atoms with Crippen molar-refractivity contribution in [2.45, 2.75) is 38.9 Å². The second-order valence-electron chi connectivity index (χ2n) is 7.08. The van der Waals surface area contributed by atoms with E-state index in [0.29, 0.717) is 24.1 Å². The Kier molecular flexibility index (Phi) is 6.87. The van der Waals surface area contributed by atoms with E-state index in [1.807, 2.05) is 25.1 Å². The Balaban J connectivity index is 1.59. The highest BCUT2D eigenvalue weighted by molar-refractivity contribution is 9.10. The van der Waals surface area contributed by atoms with Gasteiger partial charge < -0.3 is 21.3 Å². The molecule has 0 radical (unpaired) electrons. The van der Waals surface area contributed by atoms with Crippen molar-refractivity contribution in [2.24, 2.45) is 5.73 Å². The molecule has 1 atom stereocenters. The zero-order chi connectivity index (χ0) is 21.0. The standard InChI is InChI=1S/C21H24BrFN4O2/c1-13-9-16(6-7-17(13)22)27-8-2-3-19(20(27)28)26-21(29)25-12-15-5-4-14(11-24)10-18(15)23/h4-7,9-10,19H,2-3,8,11-12,24H2,1H3,(H2,25,26,29). The van der Waals surface area contributed by atoms with Gasteiger partial charge in [0, 0.05) is 35.4 Å². The summed E-state index contributed by atoms with van der Waals surface area (Å²) in [6, 6.07) is 9.30. The first-order chi connectivity index (χ1) is 13.9. The van der Waals surface area contributed by atoms with Gasteiger partial charge in [-0.05, 0) is 55.2 Å². The quantitative estimate of drug-likeness (QED) is 0.636. The highest BCUT2D eigenvalue weighted by Gasteiger charge is 2.31. The lowest BCUT2D eigenvalue weighted by atomic mass is 10.0. The fourth-order valence-corrected chi connectivity index (χ4v) is 3.55. The highest BCUT2D eigenvalue weighted by Crippen LogP contribution is 2.26. The molecule has 6 nitrogen and oxygen atoms in total. The van der Waals surface area contributed by atoms with E-state index in [0.717, 1.165) is 22.1 Å². The van der Waals surface area contributed by atoms with Crippen LogP contribution in [0, 0.1) is 12.7 Å². The summed E-state index contributed by atoms with van der Waals surface area (Å²) in [6.45, 7) is 2.85. The summed E-state index contributed by atoms with van der Waals surface area (Å²) >= 11 is 3.46. The van der Waals surface area contributed by atoms with E-state index in [9.17, 15) is 14.0 Å². The van der Waals surface area contributed by atoms with Crippen molar-refractivity contribution >= 4 is 33.6 Å². The van der Waals surface area contributed by atoms with Gasteiger partial charge in [0.25, 0.3) is 0 Å². The number of halogens is 2. The largest absolute Gasteiger partial charge is 0.334 e. The summed E-state index contributed by atoms with van der Waals surface area (Å²) < 4.78 is 15.0. The first kappa shape index (κ1) is 21.3. The van der Waals surface area contributed by atoms with Crippen molar-refractivity contribution in [1.82, 2.24) is 10.6 Å². The number of urea groups is 1. The van der Waals surface area contributed by atoms with Gasteiger partial charge in [0.05, 0.1) is 0 Å². The summed E-state index contributed by atoms with van der Waals surface area (Å²) in [5.41, 5.74) is 8.38. The molecule has 0 aromatic heterocycles. The second kappa shape index (κ2) is 9.37. The third kappa shape index (κ3) is 5.13. The van der Waals surface area contributed by atoms with Crippen molar-refractivity contribution in [3.05, 3.63) is 63.4 Å². The van der Waals surface area contributed by atoms with Crippen molar-refractivity contribution in [3.8, 4) is 0 Å². The average molecular weight is 463 g/mol. The zero-order valence-electron chi connectivity index (χ0n) is 16.2. The lowest BCUT2D eigenvalue weighted by Crippen LogP contribution is -2.54. The van der Waals surface area contributed by atoms with Crippen molar-refractivity contribution < 1.29 is 14.0 Å². The summed E-state index contributed by atoms with van der Waals surface area (Å²) in [5, 5.41) is 5.33. The van der Waals surface area contributed by atoms with Crippen LogP contribution in [-0.2, 0) is 17.9 Å². The van der Waals surface area contributed by atoms with E-state index in [4.69, 9.17) is 5.73 Å². The smallest absolute Gasteiger partial charge is 0.315 e. The molecule has 1 aliphatic heterocycles. The maximum atomic E-state index is 14.0. The minimum atomic E-state index is -0.614. The third-order valence-electron chi connectivity index (χ3n) is 4.99. The highest BCUT2D eigenvalue weighted by atomic mass is 79.9. The average Bonchev–Trinajstić information content (AvgIpc) is 2.70. The normalized spacial score (nSPS) is 16.6. The zero-order valence-corrected chi connectivity index (χ0v) is 17.8. The lowest BCUT2D eigenvalue weighted by molar-refractivity contribution is -0.121. The maximum absolute atomic E-state index is 14.0. The Morgan fingerprint density at radius 3 is 2.79 bits per heavy atom. The lowest BCUT2D eigenvalue weighted by Gasteiger charge is -2.33. The molecule has 0 bridgehead atoms. The molecule has 0 saturated carbocycles. The Bertz CT molecular complexity index is 922. The number of aryl methyl sites for hydroxylation is 1. The van der Waals surface area contributed by atoms with Gasteiger partial charge in [0.2, 0.25) is 5.91 Å². The van der Waals surface area contributed by atoms with E-state index in [1.165, 1.54) is 6.07 Å². The molecule has 2 aromatic carbocycles. The number of anilines is 1. The van der Waals surface area contributed by atoms with Crippen molar-refractivity contribution in [1.29, 1.82) is 0 Å². The van der Waals surface area contributed by atoms with Crippen LogP contribution < -0.4 is 21.3 Å². The van der Waals surface area contributed by atoms with Crippen LogP contribution in [0.25, 0.3) is 0 Å². The number of hydrogen-bond acceptors (Lipinski definition) is 3. The maximum Gasteiger partial charge on any atom is 0.315 e. The predicted molar refractivity (Wildman–Crippen MR) is 114 cm³/mol. The molecule has 154 valence electrons. The van der Waals surface area contributed by atoms with E-state index in [2.05, 4.69) is 26.6 Å². The molecule has 0 aliphatic carbocycles. The minimum Gasteiger partial charge on any atom is -0.334 e. The summed E-state index contributed by atoms with van der Waals surface area (Å²) in [6.07, 6.45) is 1.35. The predicted octanol–water partition coefficient (Wildman–Crippen LogP) is 3.35. The van der Waals surface area contributed by atoms with Crippen LogP contribution >= 0.6 is 15.9 Å². The van der Waals surface area contributed by atoms with Gasteiger partial charge >= 0.3 is 6.03 Å². The summed E-state index contributed by atoms with van der Waals surface area (Å²) in [5.74, 6) is -0.564. The van der Waals surface area contributed by atoms with Gasteiger partial charge in [-0.25, -0.2) is 9.18 Å². The number of hydrogen-bond donors (Lipinski definition) is 3. The van der Waals surface area contributed by atoms with Crippen LogP contribution in [0.3, 0.4) is 0 Å². The number of nitrogens with two attached hydrogens (primary N) is 1. The molecule has 1 heterocycles. The van der Waals surface area contributed by atoms with E-state index >= 15 is 0 Å². The first-order valence-electron chi connectivity index (χ1n) is 9.48. The molecule has 4 N–H and O–H groups in total. The fourth-order valence-electron chi connectivity index (χ4n) is 3.31. The number of rotatable bonds is 5. The monoisotopic (exact) mass is 462 g/mol. The Hall–Kier alpha value is -2.45. The van der Waals surface area contributed by atoms with Crippen LogP contribution in [0.5, 0.6) is 0 Å². The van der Waals surface area contributed by atoms with Crippen LogP contribution in [0.1, 0.15) is 29.5 Å². The number of nitrogens with zero attached hydrogens (tertiary/aromatic N) is 1. The Morgan fingerprint density at radius 2 is 2.10 bits per heavy atom. The number of amides is 3. The van der Waals surface area contributed by atoms with Gasteiger partial charge in [-0.2, -0.15) is 0 Å². The SMILES string of the molecule is Cc1cc(N2CCCC(NC(=O)NCc3ccc(CN)cc3F)C2=O)ccc1Br. The molecule has 1 saturated heterocycles. The molecule has 1 fully saturated rings. The summed E-state index contributed by atoms with van der Waals surface area (Å²) in [7, 11) is 0. The van der Waals surface area contributed by atoms with Crippen LogP contribution in [0.2, 0.25) is 0 Å². The molecule has 1 aliphatic rings. The van der Waals surface area contributed by atoms with Gasteiger partial charge in [0.1, 0.15) is 11.9 Å². The van der Waals surface area contributed by atoms with E-state index in [1.54, 1.807) is 17.0 Å². The first-order valence-corrected chi connectivity index (χ1v) is 10.3. The fraction of sp³-hybridized carbons (Fsp3) is 0.333. The van der Waals surface area contributed by atoms with E-state index in [-0.39, 0.29) is 19.0 Å². The van der Waals surface area contributed by atoms with Crippen molar-refractivity contribution in [3.63, 3.8) is 0 Å². The van der Waals surface area contributed by atoms with Crippen LogP contribution in [0.4, 0.5) is 14.9 Å². The second-order valence-corrected chi connectivity index (χ2v) is 7.93. The minimum absolute atomic E-state index is 0.0268. The number of carbonyl (C=O) groups excluding carboxylic acids is 2. The van der Waals surface area contributed by atoms with Gasteiger partial charge in [-0.3, -0.25) is 4.79 Å². The topological polar surface area (TPSA) is 87.5 Å². The van der Waals surface area contributed by atoms with Gasteiger partial charge in [-0.15, -0.1) is 0 Å². The Morgan fingerprint density at radius 1 is 1.31 bits per heavy atom. The molecule has 2 aromatic rings. The number of benzene rings is 2. The molecule has 1 unspecified atom stereocenters. The van der Waals surface area contributed by atoms with Crippen LogP contribution in [0.15, 0.2) is 40.9 Å². The number of nitrogens with one attached hydrogen (secondary N) is 2. The number of carbonyl (C=O) groups is 2. The molecular formula is C21H24BrFN4O2. The molecule has 3 rings (SSSR count). The molecule has 29 heavy (non-hydrogen) atoms. The molecule has 3 amide bonds. The van der Waals surface area contributed by atoms with Gasteiger partial charge in [-0.1, -0.05) is 28.1 Å².